The predicted molar refractivity (Wildman–Crippen MR) is 74.0 cm³/mol. The Bertz CT molecular complexity index is 642. The van der Waals surface area contributed by atoms with Gasteiger partial charge in [-0.15, -0.1) is 0 Å². The highest BCUT2D eigenvalue weighted by Gasteiger charge is 2.13. The van der Waals surface area contributed by atoms with E-state index >= 15 is 0 Å². The molecule has 0 heterocycles. The van der Waals surface area contributed by atoms with E-state index in [1.54, 1.807) is 0 Å². The van der Waals surface area contributed by atoms with E-state index in [1.807, 2.05) is 32.0 Å². The number of rotatable bonds is 3. The summed E-state index contributed by atoms with van der Waals surface area (Å²) in [6, 6.07) is 10.9. The molecular weight excluding hydrogens is 258 g/mol. The fourth-order valence-electron chi connectivity index (χ4n) is 1.83. The van der Waals surface area contributed by atoms with Crippen LogP contribution in [0, 0.1) is 24.0 Å². The Morgan fingerprint density at radius 2 is 1.60 bits per heavy atom. The second kappa shape index (κ2) is 5.52. The maximum atomic E-state index is 12.0. The minimum absolute atomic E-state index is 0.0615. The second-order valence-electron chi connectivity index (χ2n) is 4.41. The van der Waals surface area contributed by atoms with Crippen molar-refractivity contribution in [2.75, 3.05) is 0 Å². The lowest BCUT2D eigenvalue weighted by Gasteiger charge is -2.10. The number of esters is 1. The molecule has 102 valence electrons. The molecule has 0 aliphatic rings. The van der Waals surface area contributed by atoms with Crippen LogP contribution in [0.2, 0.25) is 0 Å². The van der Waals surface area contributed by atoms with Gasteiger partial charge in [0.25, 0.3) is 5.69 Å². The van der Waals surface area contributed by atoms with E-state index in [9.17, 15) is 14.9 Å². The van der Waals surface area contributed by atoms with Crippen molar-refractivity contribution in [3.63, 3.8) is 0 Å². The van der Waals surface area contributed by atoms with Gasteiger partial charge in [0.1, 0.15) is 5.75 Å². The molecule has 0 saturated carbocycles. The van der Waals surface area contributed by atoms with Crippen molar-refractivity contribution in [1.29, 1.82) is 0 Å². The van der Waals surface area contributed by atoms with Gasteiger partial charge < -0.3 is 4.74 Å². The molecule has 2 aromatic carbocycles. The van der Waals surface area contributed by atoms with Gasteiger partial charge in [-0.25, -0.2) is 4.79 Å². The zero-order valence-electron chi connectivity index (χ0n) is 11.1. The fraction of sp³-hybridized carbons (Fsp3) is 0.133. The van der Waals surface area contributed by atoms with Gasteiger partial charge in [-0.1, -0.05) is 18.2 Å². The second-order valence-corrected chi connectivity index (χ2v) is 4.41. The van der Waals surface area contributed by atoms with Crippen LogP contribution in [0.1, 0.15) is 21.5 Å². The van der Waals surface area contributed by atoms with E-state index < -0.39 is 10.9 Å². The first-order valence-corrected chi connectivity index (χ1v) is 6.02. The minimum Gasteiger partial charge on any atom is -0.422 e. The average Bonchev–Trinajstić information content (AvgIpc) is 2.43. The maximum absolute atomic E-state index is 12.0. The van der Waals surface area contributed by atoms with Gasteiger partial charge in [-0.05, 0) is 37.1 Å². The zero-order chi connectivity index (χ0) is 14.7. The van der Waals surface area contributed by atoms with Crippen molar-refractivity contribution in [3.8, 4) is 5.75 Å². The Hall–Kier alpha value is -2.69. The first kappa shape index (κ1) is 13.7. The Balaban J connectivity index is 2.22. The molecule has 0 saturated heterocycles. The summed E-state index contributed by atoms with van der Waals surface area (Å²) < 4.78 is 5.35. The lowest BCUT2D eigenvalue weighted by atomic mass is 10.1. The Labute approximate surface area is 116 Å². The molecular formula is C15H13NO4. The molecule has 0 unspecified atom stereocenters. The molecule has 0 N–H and O–H groups in total. The molecule has 0 radical (unpaired) electrons. The number of benzene rings is 2. The molecule has 0 bridgehead atoms. The number of aryl methyl sites for hydroxylation is 2. The van der Waals surface area contributed by atoms with Gasteiger partial charge in [0.15, 0.2) is 0 Å². The molecule has 20 heavy (non-hydrogen) atoms. The maximum Gasteiger partial charge on any atom is 0.343 e. The third kappa shape index (κ3) is 2.83. The van der Waals surface area contributed by atoms with E-state index in [1.165, 1.54) is 24.3 Å². The number of non-ortho nitro benzene ring substituents is 1. The lowest BCUT2D eigenvalue weighted by molar-refractivity contribution is -0.384. The number of ether oxygens (including phenoxy) is 1. The molecule has 5 nitrogen and oxygen atoms in total. The number of carbonyl (C=O) groups is 1. The van der Waals surface area contributed by atoms with E-state index in [0.717, 1.165) is 11.1 Å². The quantitative estimate of drug-likeness (QED) is 0.371. The van der Waals surface area contributed by atoms with Crippen molar-refractivity contribution in [2.24, 2.45) is 0 Å². The van der Waals surface area contributed by atoms with E-state index in [4.69, 9.17) is 4.74 Å². The molecule has 0 aliphatic carbocycles. The first-order valence-electron chi connectivity index (χ1n) is 6.02. The van der Waals surface area contributed by atoms with Crippen molar-refractivity contribution in [3.05, 3.63) is 69.3 Å². The van der Waals surface area contributed by atoms with Gasteiger partial charge in [0.2, 0.25) is 0 Å². The highest BCUT2D eigenvalue weighted by atomic mass is 16.6. The summed E-state index contributed by atoms with van der Waals surface area (Å²) in [4.78, 5) is 22.0. The highest BCUT2D eigenvalue weighted by molar-refractivity contribution is 5.91. The van der Waals surface area contributed by atoms with Crippen molar-refractivity contribution in [2.45, 2.75) is 13.8 Å². The average molecular weight is 271 g/mol. The number of carbonyl (C=O) groups excluding carboxylic acids is 1. The van der Waals surface area contributed by atoms with Gasteiger partial charge in [0.05, 0.1) is 10.5 Å². The van der Waals surface area contributed by atoms with Gasteiger partial charge in [-0.2, -0.15) is 0 Å². The van der Waals surface area contributed by atoms with Crippen molar-refractivity contribution < 1.29 is 14.5 Å². The molecule has 0 fully saturated rings. The van der Waals surface area contributed by atoms with Gasteiger partial charge >= 0.3 is 5.97 Å². The van der Waals surface area contributed by atoms with Crippen LogP contribution in [0.3, 0.4) is 0 Å². The molecule has 5 heteroatoms. The monoisotopic (exact) mass is 271 g/mol. The molecule has 0 amide bonds. The number of hydrogen-bond donors (Lipinski definition) is 0. The third-order valence-corrected chi connectivity index (χ3v) is 2.92. The van der Waals surface area contributed by atoms with Crippen molar-refractivity contribution >= 4 is 11.7 Å². The Morgan fingerprint density at radius 3 is 2.10 bits per heavy atom. The number of nitrogens with zero attached hydrogens (tertiary/aromatic N) is 1. The summed E-state index contributed by atoms with van der Waals surface area (Å²) in [6.45, 7) is 3.71. The normalized spacial score (nSPS) is 10.1. The van der Waals surface area contributed by atoms with Crippen LogP contribution in [0.25, 0.3) is 0 Å². The number of nitro benzene ring substituents is 1. The number of para-hydroxylation sites is 1. The SMILES string of the molecule is Cc1cccc(C)c1OC(=O)c1ccc([N+](=O)[O-])cc1. The van der Waals surface area contributed by atoms with E-state index in [-0.39, 0.29) is 11.3 Å². The lowest BCUT2D eigenvalue weighted by Crippen LogP contribution is -2.10. The summed E-state index contributed by atoms with van der Waals surface area (Å²) in [7, 11) is 0. The van der Waals surface area contributed by atoms with Crippen LogP contribution in [-0.2, 0) is 0 Å². The third-order valence-electron chi connectivity index (χ3n) is 2.92. The van der Waals surface area contributed by atoms with Crippen LogP contribution >= 0.6 is 0 Å². The Morgan fingerprint density at radius 1 is 1.05 bits per heavy atom. The summed E-state index contributed by atoms with van der Waals surface area (Å²) >= 11 is 0. The van der Waals surface area contributed by atoms with Gasteiger partial charge in [0, 0.05) is 12.1 Å². The van der Waals surface area contributed by atoms with Crippen LogP contribution in [0.4, 0.5) is 5.69 Å². The van der Waals surface area contributed by atoms with Crippen molar-refractivity contribution in [1.82, 2.24) is 0 Å². The summed E-state index contributed by atoms with van der Waals surface area (Å²) in [6.07, 6.45) is 0. The molecule has 2 rings (SSSR count). The zero-order valence-corrected chi connectivity index (χ0v) is 11.1. The topological polar surface area (TPSA) is 69.4 Å². The molecule has 0 aromatic heterocycles. The molecule has 0 atom stereocenters. The minimum atomic E-state index is -0.530. The molecule has 0 spiro atoms. The predicted octanol–water partition coefficient (Wildman–Crippen LogP) is 3.43. The van der Waals surface area contributed by atoms with Crippen LogP contribution in [0.5, 0.6) is 5.75 Å². The summed E-state index contributed by atoms with van der Waals surface area (Å²) in [5, 5.41) is 10.6. The smallest absolute Gasteiger partial charge is 0.343 e. The van der Waals surface area contributed by atoms with Crippen LogP contribution in [0.15, 0.2) is 42.5 Å². The highest BCUT2D eigenvalue weighted by Crippen LogP contribution is 2.23. The Kier molecular flexibility index (Phi) is 3.79. The van der Waals surface area contributed by atoms with Crippen LogP contribution in [-0.4, -0.2) is 10.9 Å². The van der Waals surface area contributed by atoms with Gasteiger partial charge in [-0.3, -0.25) is 10.1 Å². The van der Waals surface area contributed by atoms with E-state index in [2.05, 4.69) is 0 Å². The number of hydrogen-bond acceptors (Lipinski definition) is 4. The fourth-order valence-corrected chi connectivity index (χ4v) is 1.83. The molecule has 2 aromatic rings. The molecule has 0 aliphatic heterocycles. The first-order chi connectivity index (χ1) is 9.49. The standard InChI is InChI=1S/C15H13NO4/c1-10-4-3-5-11(2)14(10)20-15(17)12-6-8-13(9-7-12)16(18)19/h3-9H,1-2H3. The largest absolute Gasteiger partial charge is 0.422 e. The number of nitro groups is 1. The summed E-state index contributed by atoms with van der Waals surface area (Å²) in [5.41, 5.74) is 1.94. The van der Waals surface area contributed by atoms with E-state index in [0.29, 0.717) is 5.75 Å². The van der Waals surface area contributed by atoms with Crippen LogP contribution < -0.4 is 4.74 Å². The summed E-state index contributed by atoms with van der Waals surface area (Å²) in [5.74, 6) is -0.00634.